The molecule has 1 saturated heterocycles. The van der Waals surface area contributed by atoms with Crippen LogP contribution in [-0.4, -0.2) is 26.8 Å². The number of carbonyl (C=O) groups is 1. The Morgan fingerprint density at radius 2 is 2.00 bits per heavy atom. The van der Waals surface area contributed by atoms with Crippen LogP contribution >= 0.6 is 0 Å². The van der Waals surface area contributed by atoms with Crippen molar-refractivity contribution in [2.75, 3.05) is 0 Å². The molecule has 24 heavy (non-hydrogen) atoms. The minimum Gasteiger partial charge on any atom is -0.374 e. The zero-order valence-electron chi connectivity index (χ0n) is 12.6. The molecule has 1 aliphatic heterocycles. The second-order valence-electron chi connectivity index (χ2n) is 5.65. The summed E-state index contributed by atoms with van der Waals surface area (Å²) in [5.74, 6) is -0.479. The van der Waals surface area contributed by atoms with Gasteiger partial charge in [0.2, 0.25) is 5.91 Å². The number of aliphatic hydroxyl groups excluding tert-OH is 1. The molecule has 6 nitrogen and oxygen atoms in total. The molecular weight excluding hydrogens is 327 g/mol. The molecular formula is C15H14F3N3O3. The molecule has 1 aromatic heterocycles. The van der Waals surface area contributed by atoms with Gasteiger partial charge in [-0.3, -0.25) is 14.2 Å². The molecule has 0 spiro atoms. The van der Waals surface area contributed by atoms with Crippen molar-refractivity contribution >= 4 is 16.8 Å². The highest BCUT2D eigenvalue weighted by Crippen LogP contribution is 2.33. The van der Waals surface area contributed by atoms with Crippen molar-refractivity contribution < 1.29 is 23.1 Å². The number of fused-ring (bicyclic) bond motifs is 1. The lowest BCUT2D eigenvalue weighted by atomic mass is 10.0. The van der Waals surface area contributed by atoms with Gasteiger partial charge in [-0.2, -0.15) is 13.2 Å². The third-order valence-corrected chi connectivity index (χ3v) is 4.05. The van der Waals surface area contributed by atoms with Gasteiger partial charge < -0.3 is 10.4 Å². The standard InChI is InChI=1S/C15H14F3N3O3/c1-7-19-9-4-2-3-8(15(16,17)18)12(9)14(24)21(7)10-5-6-11(22)20-13(10)23/h2-4,10-11,22H,5-6H2,1H3,(H,20,23)/t10-,11?/m1/s1. The highest BCUT2D eigenvalue weighted by atomic mass is 19.4. The minimum atomic E-state index is -4.71. The Labute approximate surface area is 133 Å². The number of aromatic nitrogens is 2. The summed E-state index contributed by atoms with van der Waals surface area (Å²) in [6.07, 6.45) is -5.40. The molecule has 0 aliphatic carbocycles. The van der Waals surface area contributed by atoms with Gasteiger partial charge in [0.05, 0.1) is 16.5 Å². The number of amides is 1. The lowest BCUT2D eigenvalue weighted by Crippen LogP contribution is -2.47. The Morgan fingerprint density at radius 1 is 1.29 bits per heavy atom. The average molecular weight is 341 g/mol. The number of piperidine rings is 1. The number of hydrogen-bond donors (Lipinski definition) is 2. The van der Waals surface area contributed by atoms with Crippen molar-refractivity contribution in [1.29, 1.82) is 0 Å². The first-order valence-corrected chi connectivity index (χ1v) is 7.27. The summed E-state index contributed by atoms with van der Waals surface area (Å²) in [6.45, 7) is 1.46. The number of aryl methyl sites for hydroxylation is 1. The van der Waals surface area contributed by atoms with E-state index < -0.39 is 40.9 Å². The van der Waals surface area contributed by atoms with E-state index >= 15 is 0 Å². The maximum atomic E-state index is 13.2. The fraction of sp³-hybridized carbons (Fsp3) is 0.400. The fourth-order valence-electron chi connectivity index (χ4n) is 2.98. The summed E-state index contributed by atoms with van der Waals surface area (Å²) in [4.78, 5) is 28.8. The molecule has 1 aromatic carbocycles. The third-order valence-electron chi connectivity index (χ3n) is 4.05. The van der Waals surface area contributed by atoms with Gasteiger partial charge in [-0.15, -0.1) is 0 Å². The summed E-state index contributed by atoms with van der Waals surface area (Å²) in [6, 6.07) is 2.33. The quantitative estimate of drug-likeness (QED) is 0.823. The normalized spacial score (nSPS) is 21.8. The number of hydrogen-bond acceptors (Lipinski definition) is 4. The van der Waals surface area contributed by atoms with Gasteiger partial charge in [-0.1, -0.05) is 6.07 Å². The molecule has 2 atom stereocenters. The largest absolute Gasteiger partial charge is 0.417 e. The topological polar surface area (TPSA) is 84.2 Å². The van der Waals surface area contributed by atoms with Crippen molar-refractivity contribution in [1.82, 2.24) is 14.9 Å². The number of benzene rings is 1. The van der Waals surface area contributed by atoms with Gasteiger partial charge in [-0.05, 0) is 31.9 Å². The zero-order chi connectivity index (χ0) is 17.6. The van der Waals surface area contributed by atoms with Gasteiger partial charge >= 0.3 is 6.18 Å². The van der Waals surface area contributed by atoms with E-state index in [-0.39, 0.29) is 24.2 Å². The van der Waals surface area contributed by atoms with Crippen LogP contribution in [0.5, 0.6) is 0 Å². The predicted molar refractivity (Wildman–Crippen MR) is 78.2 cm³/mol. The van der Waals surface area contributed by atoms with Crippen LogP contribution in [0.2, 0.25) is 0 Å². The predicted octanol–water partition coefficient (Wildman–Crippen LogP) is 1.49. The van der Waals surface area contributed by atoms with Crippen LogP contribution in [0.3, 0.4) is 0 Å². The molecule has 2 N–H and O–H groups in total. The average Bonchev–Trinajstić information content (AvgIpc) is 2.47. The number of halogens is 3. The first-order valence-electron chi connectivity index (χ1n) is 7.27. The Balaban J connectivity index is 2.27. The van der Waals surface area contributed by atoms with Crippen molar-refractivity contribution in [2.45, 2.75) is 38.2 Å². The van der Waals surface area contributed by atoms with Crippen molar-refractivity contribution in [3.8, 4) is 0 Å². The van der Waals surface area contributed by atoms with Crippen LogP contribution in [-0.2, 0) is 11.0 Å². The Bertz CT molecular complexity index is 876. The zero-order valence-corrected chi connectivity index (χ0v) is 12.6. The molecule has 128 valence electrons. The number of nitrogens with one attached hydrogen (secondary N) is 1. The van der Waals surface area contributed by atoms with Gasteiger partial charge in [0.1, 0.15) is 18.1 Å². The Hall–Kier alpha value is -2.42. The lowest BCUT2D eigenvalue weighted by Gasteiger charge is -2.28. The highest BCUT2D eigenvalue weighted by Gasteiger charge is 2.36. The Morgan fingerprint density at radius 3 is 2.62 bits per heavy atom. The fourth-order valence-corrected chi connectivity index (χ4v) is 2.98. The number of alkyl halides is 3. The van der Waals surface area contributed by atoms with Crippen LogP contribution in [0.15, 0.2) is 23.0 Å². The van der Waals surface area contributed by atoms with E-state index in [0.717, 1.165) is 10.6 Å². The molecule has 1 fully saturated rings. The van der Waals surface area contributed by atoms with Gasteiger partial charge in [0.25, 0.3) is 5.56 Å². The van der Waals surface area contributed by atoms with Gasteiger partial charge in [0.15, 0.2) is 0 Å². The number of nitrogens with zero attached hydrogens (tertiary/aromatic N) is 2. The van der Waals surface area contributed by atoms with Gasteiger partial charge in [0, 0.05) is 0 Å². The molecule has 1 unspecified atom stereocenters. The molecule has 3 rings (SSSR count). The highest BCUT2D eigenvalue weighted by molar-refractivity contribution is 5.84. The van der Waals surface area contributed by atoms with E-state index in [2.05, 4.69) is 10.3 Å². The summed E-state index contributed by atoms with van der Waals surface area (Å²) < 4.78 is 40.6. The van der Waals surface area contributed by atoms with Crippen LogP contribution in [0, 0.1) is 6.92 Å². The van der Waals surface area contributed by atoms with Crippen molar-refractivity contribution in [3.63, 3.8) is 0 Å². The lowest BCUT2D eigenvalue weighted by molar-refractivity contribution is -0.136. The van der Waals surface area contributed by atoms with E-state index in [9.17, 15) is 27.9 Å². The van der Waals surface area contributed by atoms with Crippen LogP contribution < -0.4 is 10.9 Å². The molecule has 2 heterocycles. The van der Waals surface area contributed by atoms with E-state index in [4.69, 9.17) is 0 Å². The minimum absolute atomic E-state index is 0.0696. The molecule has 1 amide bonds. The maximum absolute atomic E-state index is 13.2. The SMILES string of the molecule is Cc1nc2cccc(C(F)(F)F)c2c(=O)n1[C@@H]1CCC(O)NC1=O. The third kappa shape index (κ3) is 2.64. The Kier molecular flexibility index (Phi) is 3.83. The molecule has 9 heteroatoms. The second kappa shape index (κ2) is 5.59. The number of carbonyl (C=O) groups excluding carboxylic acids is 1. The molecule has 2 aromatic rings. The summed E-state index contributed by atoms with van der Waals surface area (Å²) in [5.41, 5.74) is -2.07. The molecule has 0 radical (unpaired) electrons. The van der Waals surface area contributed by atoms with E-state index in [0.29, 0.717) is 0 Å². The van der Waals surface area contributed by atoms with Crippen molar-refractivity contribution in [3.05, 3.63) is 39.9 Å². The number of aliphatic hydroxyl groups is 1. The van der Waals surface area contributed by atoms with Crippen LogP contribution in [0.4, 0.5) is 13.2 Å². The monoisotopic (exact) mass is 341 g/mol. The number of rotatable bonds is 1. The summed E-state index contributed by atoms with van der Waals surface area (Å²) in [5, 5.41) is 11.1. The molecule has 1 aliphatic rings. The van der Waals surface area contributed by atoms with Crippen LogP contribution in [0.1, 0.15) is 30.3 Å². The summed E-state index contributed by atoms with van der Waals surface area (Å²) >= 11 is 0. The van der Waals surface area contributed by atoms with Crippen molar-refractivity contribution in [2.24, 2.45) is 0 Å². The maximum Gasteiger partial charge on any atom is 0.417 e. The van der Waals surface area contributed by atoms with Gasteiger partial charge in [-0.25, -0.2) is 4.98 Å². The van der Waals surface area contributed by atoms with E-state index in [1.807, 2.05) is 0 Å². The summed E-state index contributed by atoms with van der Waals surface area (Å²) in [7, 11) is 0. The molecule has 0 saturated carbocycles. The second-order valence-corrected chi connectivity index (χ2v) is 5.65. The first-order chi connectivity index (χ1) is 11.2. The van der Waals surface area contributed by atoms with Crippen LogP contribution in [0.25, 0.3) is 10.9 Å². The molecule has 0 bridgehead atoms. The first kappa shape index (κ1) is 16.4. The smallest absolute Gasteiger partial charge is 0.374 e. The van der Waals surface area contributed by atoms with E-state index in [1.165, 1.54) is 19.1 Å². The van der Waals surface area contributed by atoms with E-state index in [1.54, 1.807) is 0 Å².